The van der Waals surface area contributed by atoms with E-state index in [0.717, 1.165) is 22.4 Å². The lowest BCUT2D eigenvalue weighted by atomic mass is 9.95. The topological polar surface area (TPSA) is 24.4 Å². The van der Waals surface area contributed by atoms with E-state index in [-0.39, 0.29) is 12.1 Å². The number of alkyl halides is 3. The number of thioether (sulfide) groups is 1. The van der Waals surface area contributed by atoms with Crippen LogP contribution >= 0.6 is 11.8 Å². The third kappa shape index (κ3) is 4.65. The Kier molecular flexibility index (Phi) is 5.62. The van der Waals surface area contributed by atoms with Crippen molar-refractivity contribution in [1.82, 2.24) is 5.32 Å². The summed E-state index contributed by atoms with van der Waals surface area (Å²) in [6.45, 7) is 0. The molecule has 0 aliphatic carbocycles. The summed E-state index contributed by atoms with van der Waals surface area (Å²) in [7, 11) is 0. The van der Waals surface area contributed by atoms with Crippen molar-refractivity contribution in [1.29, 1.82) is 0 Å². The SMILES string of the molecule is FC(F)(F)c1cccc(CSC2=NC(c3ccccc3)C(c3ccccc3)N2)c1. The second-order valence-corrected chi connectivity index (χ2v) is 7.77. The number of hydrogen-bond donors (Lipinski definition) is 1. The number of benzene rings is 3. The molecule has 0 bridgehead atoms. The van der Waals surface area contributed by atoms with Gasteiger partial charge < -0.3 is 5.32 Å². The van der Waals surface area contributed by atoms with Gasteiger partial charge in [0.2, 0.25) is 0 Å². The van der Waals surface area contributed by atoms with E-state index in [9.17, 15) is 13.2 Å². The van der Waals surface area contributed by atoms with Crippen LogP contribution in [0, 0.1) is 0 Å². The van der Waals surface area contributed by atoms with Crippen LogP contribution in [0.1, 0.15) is 34.3 Å². The highest BCUT2D eigenvalue weighted by atomic mass is 32.2. The first-order chi connectivity index (χ1) is 14.0. The maximum atomic E-state index is 12.9. The van der Waals surface area contributed by atoms with Gasteiger partial charge in [-0.05, 0) is 22.8 Å². The van der Waals surface area contributed by atoms with Gasteiger partial charge in [0.15, 0.2) is 5.17 Å². The van der Waals surface area contributed by atoms with Gasteiger partial charge in [0, 0.05) is 5.75 Å². The van der Waals surface area contributed by atoms with E-state index >= 15 is 0 Å². The second-order valence-electron chi connectivity index (χ2n) is 6.81. The van der Waals surface area contributed by atoms with Crippen molar-refractivity contribution in [2.75, 3.05) is 0 Å². The van der Waals surface area contributed by atoms with Gasteiger partial charge in [-0.1, -0.05) is 90.6 Å². The predicted molar refractivity (Wildman–Crippen MR) is 112 cm³/mol. The highest BCUT2D eigenvalue weighted by Crippen LogP contribution is 2.38. The van der Waals surface area contributed by atoms with Gasteiger partial charge in [0.25, 0.3) is 0 Å². The zero-order chi connectivity index (χ0) is 20.3. The summed E-state index contributed by atoms with van der Waals surface area (Å²) >= 11 is 1.42. The third-order valence-electron chi connectivity index (χ3n) is 4.78. The lowest BCUT2D eigenvalue weighted by Gasteiger charge is -2.19. The first-order valence-electron chi connectivity index (χ1n) is 9.24. The summed E-state index contributed by atoms with van der Waals surface area (Å²) in [5.74, 6) is 0.415. The molecule has 2 unspecified atom stereocenters. The molecule has 1 aliphatic heterocycles. The highest BCUT2D eigenvalue weighted by Gasteiger charge is 2.32. The van der Waals surface area contributed by atoms with Gasteiger partial charge in [-0.25, -0.2) is 0 Å². The van der Waals surface area contributed by atoms with Gasteiger partial charge in [-0.15, -0.1) is 0 Å². The lowest BCUT2D eigenvalue weighted by molar-refractivity contribution is -0.137. The molecule has 148 valence electrons. The molecular weight excluding hydrogens is 393 g/mol. The van der Waals surface area contributed by atoms with Crippen LogP contribution in [0.3, 0.4) is 0 Å². The van der Waals surface area contributed by atoms with Crippen LogP contribution in [0.15, 0.2) is 89.9 Å². The van der Waals surface area contributed by atoms with Crippen molar-refractivity contribution < 1.29 is 13.2 Å². The van der Waals surface area contributed by atoms with E-state index in [1.807, 2.05) is 48.5 Å². The van der Waals surface area contributed by atoms with E-state index in [4.69, 9.17) is 4.99 Å². The quantitative estimate of drug-likeness (QED) is 0.538. The first kappa shape index (κ1) is 19.6. The highest BCUT2D eigenvalue weighted by molar-refractivity contribution is 8.13. The average molecular weight is 412 g/mol. The molecule has 3 aromatic carbocycles. The number of aliphatic imine (C=N–C) groups is 1. The minimum atomic E-state index is -4.33. The molecule has 0 spiro atoms. The standard InChI is InChI=1S/C23H19F3N2S/c24-23(25,26)19-13-7-8-16(14-19)15-29-22-27-20(17-9-3-1-4-10-17)21(28-22)18-11-5-2-6-12-18/h1-14,20-21H,15H2,(H,27,28). The Hall–Kier alpha value is -2.73. The monoisotopic (exact) mass is 412 g/mol. The zero-order valence-electron chi connectivity index (χ0n) is 15.4. The molecule has 0 radical (unpaired) electrons. The fraction of sp³-hybridized carbons (Fsp3) is 0.174. The number of halogens is 3. The molecule has 3 aromatic rings. The Balaban J connectivity index is 1.54. The minimum Gasteiger partial charge on any atom is -0.356 e. The number of nitrogens with one attached hydrogen (secondary N) is 1. The van der Waals surface area contributed by atoms with Crippen molar-refractivity contribution in [2.45, 2.75) is 24.0 Å². The molecule has 0 aromatic heterocycles. The summed E-state index contributed by atoms with van der Waals surface area (Å²) in [6.07, 6.45) is -4.33. The molecule has 29 heavy (non-hydrogen) atoms. The van der Waals surface area contributed by atoms with Gasteiger partial charge in [-0.2, -0.15) is 13.2 Å². The first-order valence-corrected chi connectivity index (χ1v) is 10.2. The van der Waals surface area contributed by atoms with E-state index in [0.29, 0.717) is 11.3 Å². The minimum absolute atomic E-state index is 0.0115. The fourth-order valence-corrected chi connectivity index (χ4v) is 4.24. The van der Waals surface area contributed by atoms with E-state index < -0.39 is 11.7 Å². The average Bonchev–Trinajstić information content (AvgIpc) is 3.18. The molecule has 0 amide bonds. The summed E-state index contributed by atoms with van der Waals surface area (Å²) in [6, 6.07) is 25.5. The maximum Gasteiger partial charge on any atom is 0.416 e. The van der Waals surface area contributed by atoms with Crippen LogP contribution in [0.25, 0.3) is 0 Å². The molecule has 1 heterocycles. The van der Waals surface area contributed by atoms with Crippen LogP contribution in [-0.2, 0) is 11.9 Å². The molecule has 6 heteroatoms. The third-order valence-corrected chi connectivity index (χ3v) is 5.76. The van der Waals surface area contributed by atoms with Crippen LogP contribution in [0.5, 0.6) is 0 Å². The molecule has 1 aliphatic rings. The van der Waals surface area contributed by atoms with Gasteiger partial charge in [-0.3, -0.25) is 4.99 Å². The zero-order valence-corrected chi connectivity index (χ0v) is 16.3. The molecular formula is C23H19F3N2S. The number of amidine groups is 1. The molecule has 2 nitrogen and oxygen atoms in total. The Labute approximate surface area is 171 Å². The molecule has 0 saturated carbocycles. The summed E-state index contributed by atoms with van der Waals surface area (Å²) in [5, 5.41) is 4.20. The van der Waals surface area contributed by atoms with Crippen molar-refractivity contribution in [3.8, 4) is 0 Å². The Bertz CT molecular complexity index is 988. The van der Waals surface area contributed by atoms with Crippen molar-refractivity contribution >= 4 is 16.9 Å². The number of rotatable bonds is 4. The lowest BCUT2D eigenvalue weighted by Crippen LogP contribution is -2.22. The van der Waals surface area contributed by atoms with Gasteiger partial charge in [0.05, 0.1) is 11.6 Å². The smallest absolute Gasteiger partial charge is 0.356 e. The van der Waals surface area contributed by atoms with Crippen LogP contribution < -0.4 is 5.32 Å². The molecule has 2 atom stereocenters. The molecule has 0 saturated heterocycles. The van der Waals surface area contributed by atoms with Crippen molar-refractivity contribution in [3.63, 3.8) is 0 Å². The van der Waals surface area contributed by atoms with E-state index in [1.54, 1.807) is 6.07 Å². The maximum absolute atomic E-state index is 12.9. The summed E-state index contributed by atoms with van der Waals surface area (Å²) in [5.41, 5.74) is 2.22. The molecule has 4 rings (SSSR count). The van der Waals surface area contributed by atoms with Crippen molar-refractivity contribution in [2.24, 2.45) is 4.99 Å². The normalized spacial score (nSPS) is 18.9. The number of hydrogen-bond acceptors (Lipinski definition) is 3. The Morgan fingerprint density at radius 1 is 0.828 bits per heavy atom. The molecule has 0 fully saturated rings. The van der Waals surface area contributed by atoms with Gasteiger partial charge >= 0.3 is 6.18 Å². The summed E-state index contributed by atoms with van der Waals surface area (Å²) in [4.78, 5) is 4.85. The van der Waals surface area contributed by atoms with Crippen LogP contribution in [0.4, 0.5) is 13.2 Å². The largest absolute Gasteiger partial charge is 0.416 e. The Morgan fingerprint density at radius 3 is 2.14 bits per heavy atom. The van der Waals surface area contributed by atoms with E-state index in [2.05, 4.69) is 17.4 Å². The second kappa shape index (κ2) is 8.33. The number of nitrogens with zero attached hydrogens (tertiary/aromatic N) is 1. The van der Waals surface area contributed by atoms with Crippen molar-refractivity contribution in [3.05, 3.63) is 107 Å². The van der Waals surface area contributed by atoms with Crippen LogP contribution in [-0.4, -0.2) is 5.17 Å². The Morgan fingerprint density at radius 2 is 1.48 bits per heavy atom. The predicted octanol–water partition coefficient (Wildman–Crippen LogP) is 6.38. The van der Waals surface area contributed by atoms with Gasteiger partial charge in [0.1, 0.15) is 6.04 Å². The van der Waals surface area contributed by atoms with E-state index in [1.165, 1.54) is 23.9 Å². The summed E-state index contributed by atoms with van der Waals surface area (Å²) < 4.78 is 38.8. The van der Waals surface area contributed by atoms with Crippen LogP contribution in [0.2, 0.25) is 0 Å². The fourth-order valence-electron chi connectivity index (χ4n) is 3.36. The molecule has 1 N–H and O–H groups in total.